The van der Waals surface area contributed by atoms with Crippen LogP contribution in [0.15, 0.2) is 0 Å². The number of nitrogens with zero attached hydrogens (tertiary/aromatic N) is 1. The Balaban J connectivity index is 0.000001000. The minimum Gasteiger partial charge on any atom is -0.286 e. The van der Waals surface area contributed by atoms with Crippen LogP contribution in [-0.4, -0.2) is 23.8 Å². The van der Waals surface area contributed by atoms with Crippen molar-refractivity contribution in [3.8, 4) is 0 Å². The smallest absolute Gasteiger partial charge is 0.231 e. The molecule has 1 aliphatic heterocycles. The molecule has 0 aromatic carbocycles. The van der Waals surface area contributed by atoms with Crippen LogP contribution in [0.4, 0.5) is 0 Å². The van der Waals surface area contributed by atoms with Crippen molar-refractivity contribution >= 4 is 24.2 Å². The highest BCUT2D eigenvalue weighted by atomic mass is 35.5. The summed E-state index contributed by atoms with van der Waals surface area (Å²) < 4.78 is 0. The Kier molecular flexibility index (Phi) is 3.52. The second kappa shape index (κ2) is 3.72. The number of piperidine rings is 1. The summed E-state index contributed by atoms with van der Waals surface area (Å²) in [5.74, 6) is -0.0675. The highest BCUT2D eigenvalue weighted by Crippen LogP contribution is 2.16. The van der Waals surface area contributed by atoms with Crippen molar-refractivity contribution in [2.75, 3.05) is 7.05 Å². The number of rotatable bonds is 0. The van der Waals surface area contributed by atoms with Crippen LogP contribution in [0, 0.1) is 5.92 Å². The van der Waals surface area contributed by atoms with Crippen LogP contribution < -0.4 is 0 Å². The SMILES string of the molecule is CC1CCC(=O)N(C)C1=O.Cl. The van der Waals surface area contributed by atoms with Gasteiger partial charge in [0.05, 0.1) is 0 Å². The molecule has 1 unspecified atom stereocenters. The second-order valence-corrected chi connectivity index (χ2v) is 2.73. The third kappa shape index (κ3) is 1.93. The molecule has 0 saturated carbocycles. The molecule has 1 heterocycles. The van der Waals surface area contributed by atoms with Gasteiger partial charge in [-0.3, -0.25) is 14.5 Å². The Labute approximate surface area is 72.2 Å². The molecule has 0 N–H and O–H groups in total. The molecule has 11 heavy (non-hydrogen) atoms. The average Bonchev–Trinajstić information content (AvgIpc) is 1.93. The molecule has 2 amide bonds. The number of likely N-dealkylation sites (tertiary alicyclic amines) is 1. The maximum atomic E-state index is 11.0. The predicted molar refractivity (Wildman–Crippen MR) is 43.4 cm³/mol. The van der Waals surface area contributed by atoms with Gasteiger partial charge in [0.2, 0.25) is 11.8 Å². The fourth-order valence-corrected chi connectivity index (χ4v) is 1.08. The number of amides is 2. The number of carbonyl (C=O) groups excluding carboxylic acids is 2. The quantitative estimate of drug-likeness (QED) is 0.514. The number of imide groups is 1. The number of hydrogen-bond acceptors (Lipinski definition) is 2. The summed E-state index contributed by atoms with van der Waals surface area (Å²) in [6, 6.07) is 0. The van der Waals surface area contributed by atoms with Crippen molar-refractivity contribution in [3.63, 3.8) is 0 Å². The van der Waals surface area contributed by atoms with E-state index in [9.17, 15) is 9.59 Å². The topological polar surface area (TPSA) is 37.4 Å². The molecule has 0 aromatic rings. The summed E-state index contributed by atoms with van der Waals surface area (Å²) in [6.07, 6.45) is 1.23. The number of carbonyl (C=O) groups is 2. The highest BCUT2D eigenvalue weighted by molar-refractivity contribution is 5.98. The van der Waals surface area contributed by atoms with Crippen LogP contribution in [0.25, 0.3) is 0 Å². The molecule has 4 heteroatoms. The van der Waals surface area contributed by atoms with Crippen molar-refractivity contribution in [2.45, 2.75) is 19.8 Å². The van der Waals surface area contributed by atoms with E-state index in [1.165, 1.54) is 4.90 Å². The summed E-state index contributed by atoms with van der Waals surface area (Å²) in [5.41, 5.74) is 0. The first-order chi connectivity index (χ1) is 4.63. The summed E-state index contributed by atoms with van der Waals surface area (Å²) in [4.78, 5) is 23.1. The molecule has 0 bridgehead atoms. The summed E-state index contributed by atoms with van der Waals surface area (Å²) in [7, 11) is 1.54. The van der Waals surface area contributed by atoms with Gasteiger partial charge in [0, 0.05) is 19.4 Å². The van der Waals surface area contributed by atoms with Crippen LogP contribution in [0.2, 0.25) is 0 Å². The van der Waals surface area contributed by atoms with Crippen molar-refractivity contribution in [1.82, 2.24) is 4.90 Å². The minimum absolute atomic E-state index is 0. The number of halogens is 1. The first-order valence-corrected chi connectivity index (χ1v) is 3.43. The monoisotopic (exact) mass is 177 g/mol. The molecular weight excluding hydrogens is 166 g/mol. The van der Waals surface area contributed by atoms with E-state index in [-0.39, 0.29) is 30.1 Å². The van der Waals surface area contributed by atoms with Crippen LogP contribution in [0.1, 0.15) is 19.8 Å². The van der Waals surface area contributed by atoms with Gasteiger partial charge in [-0.1, -0.05) is 6.92 Å². The van der Waals surface area contributed by atoms with E-state index >= 15 is 0 Å². The molecule has 64 valence electrons. The summed E-state index contributed by atoms with van der Waals surface area (Å²) >= 11 is 0. The third-order valence-electron chi connectivity index (χ3n) is 1.92. The zero-order valence-corrected chi connectivity index (χ0v) is 7.48. The van der Waals surface area contributed by atoms with Crippen molar-refractivity contribution < 1.29 is 9.59 Å². The molecule has 0 aliphatic carbocycles. The predicted octanol–water partition coefficient (Wildman–Crippen LogP) is 0.823. The standard InChI is InChI=1S/C7H11NO2.ClH/c1-5-3-4-6(9)8(2)7(5)10;/h5H,3-4H2,1-2H3;1H. The Morgan fingerprint density at radius 2 is 2.00 bits per heavy atom. The van der Waals surface area contributed by atoms with Crippen LogP contribution in [0.5, 0.6) is 0 Å². The zero-order valence-electron chi connectivity index (χ0n) is 6.66. The van der Waals surface area contributed by atoms with E-state index in [0.717, 1.165) is 0 Å². The first kappa shape index (κ1) is 10.4. The van der Waals surface area contributed by atoms with E-state index in [1.54, 1.807) is 7.05 Å². The lowest BCUT2D eigenvalue weighted by Crippen LogP contribution is -2.41. The Hall–Kier alpha value is -0.570. The highest BCUT2D eigenvalue weighted by Gasteiger charge is 2.27. The van der Waals surface area contributed by atoms with E-state index in [1.807, 2.05) is 6.92 Å². The molecule has 3 nitrogen and oxygen atoms in total. The fraction of sp³-hybridized carbons (Fsp3) is 0.714. The molecule has 1 fully saturated rings. The van der Waals surface area contributed by atoms with Crippen LogP contribution in [-0.2, 0) is 9.59 Å². The maximum Gasteiger partial charge on any atom is 0.231 e. The molecule has 1 saturated heterocycles. The van der Waals surface area contributed by atoms with Crippen molar-refractivity contribution in [3.05, 3.63) is 0 Å². The zero-order chi connectivity index (χ0) is 7.72. The van der Waals surface area contributed by atoms with Gasteiger partial charge in [-0.15, -0.1) is 12.4 Å². The molecule has 0 aromatic heterocycles. The lowest BCUT2D eigenvalue weighted by molar-refractivity contribution is -0.149. The van der Waals surface area contributed by atoms with E-state index < -0.39 is 0 Å². The van der Waals surface area contributed by atoms with Gasteiger partial charge < -0.3 is 0 Å². The normalized spacial score (nSPS) is 24.9. The molecule has 0 radical (unpaired) electrons. The van der Waals surface area contributed by atoms with Gasteiger partial charge in [0.15, 0.2) is 0 Å². The Morgan fingerprint density at radius 3 is 2.45 bits per heavy atom. The molecule has 1 atom stereocenters. The van der Waals surface area contributed by atoms with E-state index in [2.05, 4.69) is 0 Å². The van der Waals surface area contributed by atoms with Gasteiger partial charge in [-0.25, -0.2) is 0 Å². The largest absolute Gasteiger partial charge is 0.286 e. The first-order valence-electron chi connectivity index (χ1n) is 3.43. The lowest BCUT2D eigenvalue weighted by Gasteiger charge is -2.24. The van der Waals surface area contributed by atoms with Crippen molar-refractivity contribution in [2.24, 2.45) is 5.92 Å². The Bertz CT molecular complexity index is 181. The molecule has 1 aliphatic rings. The Morgan fingerprint density at radius 1 is 1.45 bits per heavy atom. The second-order valence-electron chi connectivity index (χ2n) is 2.73. The van der Waals surface area contributed by atoms with Gasteiger partial charge in [-0.2, -0.15) is 0 Å². The van der Waals surface area contributed by atoms with Crippen molar-refractivity contribution in [1.29, 1.82) is 0 Å². The van der Waals surface area contributed by atoms with Gasteiger partial charge in [0.25, 0.3) is 0 Å². The average molecular weight is 178 g/mol. The lowest BCUT2D eigenvalue weighted by atomic mass is 9.99. The molecule has 0 spiro atoms. The van der Waals surface area contributed by atoms with Gasteiger partial charge in [-0.05, 0) is 6.42 Å². The number of hydrogen-bond donors (Lipinski definition) is 0. The summed E-state index contributed by atoms with van der Waals surface area (Å²) in [5, 5.41) is 0. The molecular formula is C7H12ClNO2. The maximum absolute atomic E-state index is 11.0. The van der Waals surface area contributed by atoms with E-state index in [4.69, 9.17) is 0 Å². The minimum atomic E-state index is -0.0527. The third-order valence-corrected chi connectivity index (χ3v) is 1.92. The molecule has 1 rings (SSSR count). The van der Waals surface area contributed by atoms with Gasteiger partial charge >= 0.3 is 0 Å². The fourth-order valence-electron chi connectivity index (χ4n) is 1.08. The summed E-state index contributed by atoms with van der Waals surface area (Å²) in [6.45, 7) is 1.85. The van der Waals surface area contributed by atoms with E-state index in [0.29, 0.717) is 12.8 Å². The van der Waals surface area contributed by atoms with Crippen LogP contribution >= 0.6 is 12.4 Å². The van der Waals surface area contributed by atoms with Gasteiger partial charge in [0.1, 0.15) is 0 Å². The van der Waals surface area contributed by atoms with Crippen LogP contribution in [0.3, 0.4) is 0 Å².